The van der Waals surface area contributed by atoms with Crippen molar-refractivity contribution in [3.63, 3.8) is 0 Å². The Morgan fingerprint density at radius 2 is 1.69 bits per heavy atom. The van der Waals surface area contributed by atoms with Crippen molar-refractivity contribution in [3.05, 3.63) is 102 Å². The van der Waals surface area contributed by atoms with Gasteiger partial charge in [0.15, 0.2) is 0 Å². The van der Waals surface area contributed by atoms with Crippen LogP contribution in [0.4, 0.5) is 0 Å². The molecule has 4 aromatic carbocycles. The van der Waals surface area contributed by atoms with Gasteiger partial charge in [-0.2, -0.15) is 5.26 Å². The Kier molecular flexibility index (Phi) is 9.75. The molecule has 39 heavy (non-hydrogen) atoms. The maximum atomic E-state index is 12.2. The van der Waals surface area contributed by atoms with Gasteiger partial charge in [-0.15, -0.1) is 12.4 Å². The smallest absolute Gasteiger partial charge is 0.338 e. The molecule has 0 radical (unpaired) electrons. The Balaban J connectivity index is 0.00000420. The number of benzene rings is 4. The first kappa shape index (κ1) is 29.7. The SMILES string of the molecule is CCOC(=O)c1cccc(-c2ccc(OC(c3c(CC(C)(C)N)ccc4ccccc34)C(C)C#N)cc2)c1.Cl. The number of fused-ring (bicyclic) bond motifs is 1. The number of nitriles is 1. The number of hydrogen-bond donors (Lipinski definition) is 1. The van der Waals surface area contributed by atoms with Gasteiger partial charge in [-0.05, 0) is 85.8 Å². The quantitative estimate of drug-likeness (QED) is 0.219. The molecule has 4 rings (SSSR count). The number of nitrogens with zero attached hydrogens (tertiary/aromatic N) is 1. The van der Waals surface area contributed by atoms with Crippen molar-refractivity contribution in [1.29, 1.82) is 5.26 Å². The zero-order chi connectivity index (χ0) is 27.3. The van der Waals surface area contributed by atoms with Crippen LogP contribution in [-0.2, 0) is 11.2 Å². The third kappa shape index (κ3) is 7.17. The Morgan fingerprint density at radius 3 is 2.36 bits per heavy atom. The largest absolute Gasteiger partial charge is 0.484 e. The lowest BCUT2D eigenvalue weighted by molar-refractivity contribution is 0.0526. The fraction of sp³-hybridized carbons (Fsp3) is 0.273. The summed E-state index contributed by atoms with van der Waals surface area (Å²) in [5, 5.41) is 12.1. The molecule has 2 unspecified atom stereocenters. The van der Waals surface area contributed by atoms with Crippen molar-refractivity contribution >= 4 is 29.1 Å². The van der Waals surface area contributed by atoms with E-state index in [1.54, 1.807) is 13.0 Å². The monoisotopic (exact) mass is 542 g/mol. The molecule has 5 nitrogen and oxygen atoms in total. The molecule has 0 fully saturated rings. The minimum absolute atomic E-state index is 0. The number of ether oxygens (including phenoxy) is 2. The van der Waals surface area contributed by atoms with Crippen molar-refractivity contribution in [2.24, 2.45) is 11.7 Å². The van der Waals surface area contributed by atoms with Crippen LogP contribution in [0.1, 0.15) is 55.3 Å². The summed E-state index contributed by atoms with van der Waals surface area (Å²) in [4.78, 5) is 12.2. The van der Waals surface area contributed by atoms with E-state index in [9.17, 15) is 10.1 Å². The second-order valence-corrected chi connectivity index (χ2v) is 10.3. The molecule has 0 saturated heterocycles. The number of carbonyl (C=O) groups excluding carboxylic acids is 1. The van der Waals surface area contributed by atoms with Gasteiger partial charge < -0.3 is 15.2 Å². The summed E-state index contributed by atoms with van der Waals surface area (Å²) in [6.07, 6.45) is 0.169. The van der Waals surface area contributed by atoms with E-state index in [4.69, 9.17) is 15.2 Å². The van der Waals surface area contributed by atoms with E-state index in [-0.39, 0.29) is 18.4 Å². The van der Waals surface area contributed by atoms with Crippen LogP contribution in [0.15, 0.2) is 84.9 Å². The number of nitrogens with two attached hydrogens (primary N) is 1. The second kappa shape index (κ2) is 12.8. The average Bonchev–Trinajstić information content (AvgIpc) is 2.91. The summed E-state index contributed by atoms with van der Waals surface area (Å²) in [6.45, 7) is 8.02. The van der Waals surface area contributed by atoms with E-state index < -0.39 is 17.6 Å². The standard InChI is InChI=1S/C33H34N2O3.ClH/c1-5-37-32(36)26-11-8-10-25(19-26)23-15-17-28(18-16-23)38-31(22(2)21-34)30-27(20-33(3,4)35)14-13-24-9-6-7-12-29(24)30;/h6-19,22,31H,5,20,35H2,1-4H3;1H. The maximum Gasteiger partial charge on any atom is 0.338 e. The summed E-state index contributed by atoms with van der Waals surface area (Å²) in [6, 6.07) is 29.9. The Bertz CT molecular complexity index is 1470. The van der Waals surface area contributed by atoms with E-state index in [0.29, 0.717) is 24.3 Å². The number of hydrogen-bond acceptors (Lipinski definition) is 5. The first-order chi connectivity index (χ1) is 18.2. The summed E-state index contributed by atoms with van der Waals surface area (Å²) in [7, 11) is 0. The summed E-state index contributed by atoms with van der Waals surface area (Å²) in [5.74, 6) is -0.0798. The van der Waals surface area contributed by atoms with E-state index in [2.05, 4.69) is 30.3 Å². The van der Waals surface area contributed by atoms with Crippen molar-refractivity contribution in [1.82, 2.24) is 0 Å². The average molecular weight is 543 g/mol. The molecule has 202 valence electrons. The number of halogens is 1. The van der Waals surface area contributed by atoms with Gasteiger partial charge in [0, 0.05) is 11.1 Å². The lowest BCUT2D eigenvalue weighted by atomic mass is 9.84. The Hall–Kier alpha value is -3.85. The van der Waals surface area contributed by atoms with Crippen LogP contribution in [-0.4, -0.2) is 18.1 Å². The van der Waals surface area contributed by atoms with Gasteiger partial charge in [-0.3, -0.25) is 0 Å². The fourth-order valence-electron chi connectivity index (χ4n) is 4.71. The first-order valence-corrected chi connectivity index (χ1v) is 12.9. The third-order valence-electron chi connectivity index (χ3n) is 6.47. The van der Waals surface area contributed by atoms with Crippen LogP contribution in [0.5, 0.6) is 5.75 Å². The first-order valence-electron chi connectivity index (χ1n) is 12.9. The zero-order valence-electron chi connectivity index (χ0n) is 22.8. The van der Waals surface area contributed by atoms with E-state index in [0.717, 1.165) is 33.0 Å². The maximum absolute atomic E-state index is 12.2. The predicted octanol–water partition coefficient (Wildman–Crippen LogP) is 7.66. The molecule has 0 aliphatic heterocycles. The molecule has 0 spiro atoms. The highest BCUT2D eigenvalue weighted by molar-refractivity contribution is 5.91. The summed E-state index contributed by atoms with van der Waals surface area (Å²) < 4.78 is 11.7. The van der Waals surface area contributed by atoms with Crippen LogP contribution in [0.25, 0.3) is 21.9 Å². The van der Waals surface area contributed by atoms with Crippen molar-refractivity contribution in [2.45, 2.75) is 45.8 Å². The highest BCUT2D eigenvalue weighted by atomic mass is 35.5. The van der Waals surface area contributed by atoms with Gasteiger partial charge >= 0.3 is 5.97 Å². The fourth-order valence-corrected chi connectivity index (χ4v) is 4.71. The summed E-state index contributed by atoms with van der Waals surface area (Å²) in [5.41, 5.74) is 10.5. The van der Waals surface area contributed by atoms with Crippen LogP contribution in [0, 0.1) is 17.2 Å². The van der Waals surface area contributed by atoms with Crippen LogP contribution < -0.4 is 10.5 Å². The molecule has 0 heterocycles. The Morgan fingerprint density at radius 1 is 0.974 bits per heavy atom. The second-order valence-electron chi connectivity index (χ2n) is 10.3. The van der Waals surface area contributed by atoms with Gasteiger partial charge in [-0.1, -0.05) is 60.7 Å². The van der Waals surface area contributed by atoms with E-state index in [1.165, 1.54) is 0 Å². The highest BCUT2D eigenvalue weighted by Gasteiger charge is 2.28. The van der Waals surface area contributed by atoms with Crippen molar-refractivity contribution in [2.75, 3.05) is 6.61 Å². The zero-order valence-corrected chi connectivity index (χ0v) is 23.6. The molecule has 0 saturated carbocycles. The molecule has 0 amide bonds. The molecule has 0 aromatic heterocycles. The van der Waals surface area contributed by atoms with E-state index in [1.807, 2.05) is 75.4 Å². The van der Waals surface area contributed by atoms with Gasteiger partial charge in [0.2, 0.25) is 0 Å². The van der Waals surface area contributed by atoms with Gasteiger partial charge in [-0.25, -0.2) is 4.79 Å². The lowest BCUT2D eigenvalue weighted by Gasteiger charge is -2.28. The molecule has 4 aromatic rings. The molecule has 0 aliphatic carbocycles. The topological polar surface area (TPSA) is 85.3 Å². The van der Waals surface area contributed by atoms with Crippen LogP contribution in [0.2, 0.25) is 0 Å². The van der Waals surface area contributed by atoms with Crippen LogP contribution >= 0.6 is 12.4 Å². The molecule has 0 aliphatic rings. The lowest BCUT2D eigenvalue weighted by Crippen LogP contribution is -2.35. The highest BCUT2D eigenvalue weighted by Crippen LogP contribution is 2.37. The molecule has 0 bridgehead atoms. The van der Waals surface area contributed by atoms with Gasteiger partial charge in [0.1, 0.15) is 11.9 Å². The number of carbonyl (C=O) groups is 1. The van der Waals surface area contributed by atoms with Crippen LogP contribution in [0.3, 0.4) is 0 Å². The molecular weight excluding hydrogens is 508 g/mol. The molecule has 6 heteroatoms. The number of esters is 1. The normalized spacial score (nSPS) is 12.6. The predicted molar refractivity (Wildman–Crippen MR) is 159 cm³/mol. The minimum atomic E-state index is -0.485. The van der Waals surface area contributed by atoms with Gasteiger partial charge in [0.05, 0.1) is 24.2 Å². The molecule has 2 atom stereocenters. The van der Waals surface area contributed by atoms with Gasteiger partial charge in [0.25, 0.3) is 0 Å². The summed E-state index contributed by atoms with van der Waals surface area (Å²) >= 11 is 0. The van der Waals surface area contributed by atoms with Crippen molar-refractivity contribution in [3.8, 4) is 22.9 Å². The van der Waals surface area contributed by atoms with E-state index >= 15 is 0 Å². The molecular formula is C33H35ClN2O3. The third-order valence-corrected chi connectivity index (χ3v) is 6.47. The van der Waals surface area contributed by atoms with Crippen molar-refractivity contribution < 1.29 is 14.3 Å². The molecule has 2 N–H and O–H groups in total. The Labute approximate surface area is 237 Å². The number of rotatable bonds is 9. The minimum Gasteiger partial charge on any atom is -0.484 e.